The lowest BCUT2D eigenvalue weighted by molar-refractivity contribution is -0.118. The molecule has 0 radical (unpaired) electrons. The SMILES string of the molecule is CC1CCCCN1CC(=O)Nc1ccc(Br)cc1. The maximum atomic E-state index is 11.9. The topological polar surface area (TPSA) is 32.3 Å². The minimum Gasteiger partial charge on any atom is -0.325 e. The summed E-state index contributed by atoms with van der Waals surface area (Å²) in [6.07, 6.45) is 3.69. The van der Waals surface area contributed by atoms with E-state index < -0.39 is 0 Å². The van der Waals surface area contributed by atoms with Crippen molar-refractivity contribution >= 4 is 27.5 Å². The van der Waals surface area contributed by atoms with Crippen molar-refractivity contribution in [3.63, 3.8) is 0 Å². The van der Waals surface area contributed by atoms with Gasteiger partial charge in [0, 0.05) is 16.2 Å². The van der Waals surface area contributed by atoms with Gasteiger partial charge in [-0.3, -0.25) is 9.69 Å². The molecule has 3 nitrogen and oxygen atoms in total. The molecule has 2 rings (SSSR count). The molecular formula is C14H19BrN2O. The van der Waals surface area contributed by atoms with Crippen molar-refractivity contribution < 1.29 is 4.79 Å². The van der Waals surface area contributed by atoms with Gasteiger partial charge < -0.3 is 5.32 Å². The van der Waals surface area contributed by atoms with Crippen molar-refractivity contribution in [2.75, 3.05) is 18.4 Å². The maximum absolute atomic E-state index is 11.9. The Labute approximate surface area is 117 Å². The highest BCUT2D eigenvalue weighted by Crippen LogP contribution is 2.17. The first-order valence-electron chi connectivity index (χ1n) is 6.44. The Bertz CT molecular complexity index is 405. The Morgan fingerprint density at radius 3 is 2.78 bits per heavy atom. The van der Waals surface area contributed by atoms with Gasteiger partial charge in [-0.05, 0) is 50.6 Å². The molecule has 1 fully saturated rings. The molecular weight excluding hydrogens is 292 g/mol. The summed E-state index contributed by atoms with van der Waals surface area (Å²) in [6, 6.07) is 8.19. The van der Waals surface area contributed by atoms with E-state index in [1.165, 1.54) is 19.3 Å². The van der Waals surface area contributed by atoms with E-state index in [1.807, 2.05) is 24.3 Å². The van der Waals surface area contributed by atoms with E-state index in [1.54, 1.807) is 0 Å². The molecule has 1 unspecified atom stereocenters. The molecule has 98 valence electrons. The van der Waals surface area contributed by atoms with E-state index in [0.29, 0.717) is 12.6 Å². The maximum Gasteiger partial charge on any atom is 0.238 e. The molecule has 0 aliphatic carbocycles. The molecule has 1 heterocycles. The monoisotopic (exact) mass is 310 g/mol. The predicted molar refractivity (Wildman–Crippen MR) is 77.7 cm³/mol. The average Bonchev–Trinajstić information content (AvgIpc) is 2.35. The van der Waals surface area contributed by atoms with Gasteiger partial charge in [0.2, 0.25) is 5.91 Å². The second-order valence-corrected chi connectivity index (χ2v) is 5.79. The van der Waals surface area contributed by atoms with Crippen LogP contribution < -0.4 is 5.32 Å². The van der Waals surface area contributed by atoms with Crippen molar-refractivity contribution in [2.24, 2.45) is 0 Å². The van der Waals surface area contributed by atoms with Gasteiger partial charge in [-0.25, -0.2) is 0 Å². The smallest absolute Gasteiger partial charge is 0.238 e. The summed E-state index contributed by atoms with van der Waals surface area (Å²) in [4.78, 5) is 14.2. The number of halogens is 1. The second kappa shape index (κ2) is 6.34. The number of hydrogen-bond acceptors (Lipinski definition) is 2. The van der Waals surface area contributed by atoms with Crippen molar-refractivity contribution in [2.45, 2.75) is 32.2 Å². The number of likely N-dealkylation sites (tertiary alicyclic amines) is 1. The molecule has 1 aliphatic heterocycles. The van der Waals surface area contributed by atoms with Crippen LogP contribution in [0.3, 0.4) is 0 Å². The molecule has 1 N–H and O–H groups in total. The molecule has 0 aromatic heterocycles. The highest BCUT2D eigenvalue weighted by Gasteiger charge is 2.20. The highest BCUT2D eigenvalue weighted by molar-refractivity contribution is 9.10. The number of rotatable bonds is 3. The minimum absolute atomic E-state index is 0.0751. The first-order valence-corrected chi connectivity index (χ1v) is 7.24. The van der Waals surface area contributed by atoms with E-state index in [9.17, 15) is 4.79 Å². The zero-order chi connectivity index (χ0) is 13.0. The quantitative estimate of drug-likeness (QED) is 0.929. The molecule has 1 saturated heterocycles. The van der Waals surface area contributed by atoms with Gasteiger partial charge in [0.05, 0.1) is 6.54 Å². The number of hydrogen-bond donors (Lipinski definition) is 1. The van der Waals surface area contributed by atoms with Gasteiger partial charge in [0.15, 0.2) is 0 Å². The number of piperidine rings is 1. The van der Waals surface area contributed by atoms with Gasteiger partial charge in [0.1, 0.15) is 0 Å². The zero-order valence-corrected chi connectivity index (χ0v) is 12.2. The third kappa shape index (κ3) is 3.82. The molecule has 18 heavy (non-hydrogen) atoms. The van der Waals surface area contributed by atoms with Crippen LogP contribution in [0.4, 0.5) is 5.69 Å². The largest absolute Gasteiger partial charge is 0.325 e. The number of nitrogens with zero attached hydrogens (tertiary/aromatic N) is 1. The van der Waals surface area contributed by atoms with Crippen molar-refractivity contribution in [1.29, 1.82) is 0 Å². The fourth-order valence-corrected chi connectivity index (χ4v) is 2.58. The summed E-state index contributed by atoms with van der Waals surface area (Å²) >= 11 is 3.38. The van der Waals surface area contributed by atoms with E-state index in [4.69, 9.17) is 0 Å². The Morgan fingerprint density at radius 1 is 1.39 bits per heavy atom. The lowest BCUT2D eigenvalue weighted by atomic mass is 10.0. The van der Waals surface area contributed by atoms with Crippen LogP contribution in [0.15, 0.2) is 28.7 Å². The Balaban J connectivity index is 1.86. The van der Waals surface area contributed by atoms with Gasteiger partial charge >= 0.3 is 0 Å². The first kappa shape index (κ1) is 13.6. The number of benzene rings is 1. The molecule has 1 aromatic carbocycles. The van der Waals surface area contributed by atoms with E-state index in [0.717, 1.165) is 16.7 Å². The van der Waals surface area contributed by atoms with Crippen LogP contribution in [0.5, 0.6) is 0 Å². The molecule has 1 amide bonds. The molecule has 1 aromatic rings. The summed E-state index contributed by atoms with van der Waals surface area (Å²) in [5, 5.41) is 2.94. The Hall–Kier alpha value is -0.870. The van der Waals surface area contributed by atoms with Gasteiger partial charge in [-0.1, -0.05) is 22.4 Å². The summed E-state index contributed by atoms with van der Waals surface area (Å²) in [7, 11) is 0. The van der Waals surface area contributed by atoms with E-state index in [2.05, 4.69) is 33.1 Å². The fraction of sp³-hybridized carbons (Fsp3) is 0.500. The van der Waals surface area contributed by atoms with Crippen LogP contribution in [0.2, 0.25) is 0 Å². The van der Waals surface area contributed by atoms with Crippen molar-refractivity contribution in [1.82, 2.24) is 4.90 Å². The highest BCUT2D eigenvalue weighted by atomic mass is 79.9. The Kier molecular flexibility index (Phi) is 4.78. The van der Waals surface area contributed by atoms with Gasteiger partial charge in [-0.2, -0.15) is 0 Å². The normalized spacial score (nSPS) is 20.7. The standard InChI is InChI=1S/C14H19BrN2O/c1-11-4-2-3-9-17(11)10-14(18)16-13-7-5-12(15)6-8-13/h5-8,11H,2-4,9-10H2,1H3,(H,16,18). The van der Waals surface area contributed by atoms with Crippen LogP contribution >= 0.6 is 15.9 Å². The van der Waals surface area contributed by atoms with E-state index >= 15 is 0 Å². The lowest BCUT2D eigenvalue weighted by Gasteiger charge is -2.32. The molecule has 1 aliphatic rings. The van der Waals surface area contributed by atoms with Crippen molar-refractivity contribution in [3.8, 4) is 0 Å². The average molecular weight is 311 g/mol. The lowest BCUT2D eigenvalue weighted by Crippen LogP contribution is -2.42. The van der Waals surface area contributed by atoms with Crippen LogP contribution in [-0.2, 0) is 4.79 Å². The molecule has 0 saturated carbocycles. The van der Waals surface area contributed by atoms with Crippen LogP contribution in [0.1, 0.15) is 26.2 Å². The zero-order valence-electron chi connectivity index (χ0n) is 10.7. The summed E-state index contributed by atoms with van der Waals surface area (Å²) in [6.45, 7) is 3.73. The Morgan fingerprint density at radius 2 is 2.11 bits per heavy atom. The minimum atomic E-state index is 0.0751. The van der Waals surface area contributed by atoms with Crippen LogP contribution in [0.25, 0.3) is 0 Å². The van der Waals surface area contributed by atoms with Crippen LogP contribution in [0, 0.1) is 0 Å². The third-order valence-electron chi connectivity index (χ3n) is 3.42. The first-order chi connectivity index (χ1) is 8.65. The summed E-state index contributed by atoms with van der Waals surface area (Å²) < 4.78 is 1.02. The number of anilines is 1. The number of carbonyl (C=O) groups is 1. The number of amides is 1. The number of carbonyl (C=O) groups excluding carboxylic acids is 1. The second-order valence-electron chi connectivity index (χ2n) is 4.87. The third-order valence-corrected chi connectivity index (χ3v) is 3.94. The fourth-order valence-electron chi connectivity index (χ4n) is 2.31. The van der Waals surface area contributed by atoms with Crippen molar-refractivity contribution in [3.05, 3.63) is 28.7 Å². The molecule has 1 atom stereocenters. The van der Waals surface area contributed by atoms with Gasteiger partial charge in [-0.15, -0.1) is 0 Å². The number of nitrogens with one attached hydrogen (secondary N) is 1. The molecule has 0 bridgehead atoms. The van der Waals surface area contributed by atoms with Crippen LogP contribution in [-0.4, -0.2) is 29.9 Å². The molecule has 4 heteroatoms. The summed E-state index contributed by atoms with van der Waals surface area (Å²) in [5.41, 5.74) is 0.855. The van der Waals surface area contributed by atoms with Gasteiger partial charge in [0.25, 0.3) is 0 Å². The predicted octanol–water partition coefficient (Wildman–Crippen LogP) is 3.26. The molecule has 0 spiro atoms. The van der Waals surface area contributed by atoms with E-state index in [-0.39, 0.29) is 5.91 Å². The summed E-state index contributed by atoms with van der Waals surface area (Å²) in [5.74, 6) is 0.0751.